The zero-order valence-corrected chi connectivity index (χ0v) is 22.0. The van der Waals surface area contributed by atoms with Gasteiger partial charge in [-0.2, -0.15) is 0 Å². The quantitative estimate of drug-likeness (QED) is 0.270. The van der Waals surface area contributed by atoms with E-state index in [1.54, 1.807) is 6.92 Å². The van der Waals surface area contributed by atoms with Crippen LogP contribution in [0.15, 0.2) is 83.4 Å². The lowest BCUT2D eigenvalue weighted by Gasteiger charge is -2.32. The van der Waals surface area contributed by atoms with E-state index in [2.05, 4.69) is 15.4 Å². The maximum atomic E-state index is 12.6. The molecule has 4 aromatic rings. The van der Waals surface area contributed by atoms with Crippen molar-refractivity contribution in [3.05, 3.63) is 90.1 Å². The maximum absolute atomic E-state index is 12.6. The first-order chi connectivity index (χ1) is 18.9. The zero-order chi connectivity index (χ0) is 27.4. The molecule has 5 rings (SSSR count). The van der Waals surface area contributed by atoms with Crippen LogP contribution in [-0.2, 0) is 9.53 Å². The summed E-state index contributed by atoms with van der Waals surface area (Å²) >= 11 is 0. The normalized spacial score (nSPS) is 15.9. The second-order valence-corrected chi connectivity index (χ2v) is 9.80. The van der Waals surface area contributed by atoms with E-state index in [9.17, 15) is 14.7 Å². The molecule has 0 saturated carbocycles. The van der Waals surface area contributed by atoms with Gasteiger partial charge in [-0.05, 0) is 55.5 Å². The Balaban J connectivity index is 1.26. The van der Waals surface area contributed by atoms with Gasteiger partial charge in [-0.15, -0.1) is 0 Å². The summed E-state index contributed by atoms with van der Waals surface area (Å²) < 4.78 is 11.1. The Morgan fingerprint density at radius 3 is 2.31 bits per heavy atom. The smallest absolute Gasteiger partial charge is 0.412 e. The molecule has 1 aliphatic rings. The molecule has 8 nitrogen and oxygen atoms in total. The number of piperidine rings is 1. The van der Waals surface area contributed by atoms with Crippen LogP contribution >= 0.6 is 0 Å². The Kier molecular flexibility index (Phi) is 7.63. The van der Waals surface area contributed by atoms with E-state index in [0.717, 1.165) is 47.3 Å². The Hall–Kier alpha value is -4.59. The molecule has 1 saturated heterocycles. The molecule has 1 fully saturated rings. The lowest BCUT2D eigenvalue weighted by Crippen LogP contribution is -2.38. The van der Waals surface area contributed by atoms with Crippen LogP contribution in [0.4, 0.5) is 16.2 Å². The van der Waals surface area contributed by atoms with Gasteiger partial charge in [-0.1, -0.05) is 71.9 Å². The van der Waals surface area contributed by atoms with E-state index in [4.69, 9.17) is 9.26 Å². The number of aliphatic carboxylic acids is 1. The van der Waals surface area contributed by atoms with E-state index in [0.29, 0.717) is 23.7 Å². The number of aryl methyl sites for hydroxylation is 1. The summed E-state index contributed by atoms with van der Waals surface area (Å²) in [7, 11) is 0. The Bertz CT molecular complexity index is 1430. The third-order valence-electron chi connectivity index (χ3n) is 7.13. The molecule has 2 heterocycles. The highest BCUT2D eigenvalue weighted by Crippen LogP contribution is 2.33. The van der Waals surface area contributed by atoms with Crippen molar-refractivity contribution in [1.82, 2.24) is 5.16 Å². The van der Waals surface area contributed by atoms with Crippen molar-refractivity contribution in [2.24, 2.45) is 5.92 Å². The number of amides is 1. The van der Waals surface area contributed by atoms with Gasteiger partial charge in [0.25, 0.3) is 0 Å². The average molecular weight is 526 g/mol. The van der Waals surface area contributed by atoms with Gasteiger partial charge in [0.05, 0.1) is 5.92 Å². The molecular formula is C31H31N3O5. The molecule has 0 bridgehead atoms. The fraction of sp³-hybridized carbons (Fsp3) is 0.258. The standard InChI is InChI=1S/C31H31N3O5/c1-20-28(32-31(37)38-21(2)22-7-4-3-5-8-22)29(39-33-20)25-12-10-23(11-13-25)24-14-16-27(17-15-24)34-18-6-9-26(19-34)30(35)36/h3-5,7-8,10-17,21,26H,6,9,18-19H2,1-2H3,(H,32,37)(H,35,36). The zero-order valence-electron chi connectivity index (χ0n) is 22.0. The summed E-state index contributed by atoms with van der Waals surface area (Å²) in [6.07, 6.45) is 0.613. The molecular weight excluding hydrogens is 494 g/mol. The van der Waals surface area contributed by atoms with Gasteiger partial charge in [0.2, 0.25) is 0 Å². The van der Waals surface area contributed by atoms with Crippen molar-refractivity contribution >= 4 is 23.4 Å². The topological polar surface area (TPSA) is 105 Å². The van der Waals surface area contributed by atoms with Crippen LogP contribution in [0.25, 0.3) is 22.5 Å². The highest BCUT2D eigenvalue weighted by Gasteiger charge is 2.25. The van der Waals surface area contributed by atoms with Gasteiger partial charge in [-0.3, -0.25) is 10.1 Å². The predicted molar refractivity (Wildman–Crippen MR) is 150 cm³/mol. The number of hydrogen-bond acceptors (Lipinski definition) is 6. The van der Waals surface area contributed by atoms with E-state index in [1.165, 1.54) is 0 Å². The molecule has 0 aliphatic carbocycles. The van der Waals surface area contributed by atoms with E-state index < -0.39 is 18.2 Å². The molecule has 0 radical (unpaired) electrons. The average Bonchev–Trinajstić information content (AvgIpc) is 3.33. The molecule has 39 heavy (non-hydrogen) atoms. The predicted octanol–water partition coefficient (Wildman–Crippen LogP) is 6.93. The molecule has 3 aromatic carbocycles. The van der Waals surface area contributed by atoms with Crippen LogP contribution in [0.1, 0.15) is 37.1 Å². The molecule has 0 spiro atoms. The molecule has 1 amide bonds. The summed E-state index contributed by atoms with van der Waals surface area (Å²) in [6, 6.07) is 25.5. The number of benzene rings is 3. The number of ether oxygens (including phenoxy) is 1. The van der Waals surface area contributed by atoms with E-state index >= 15 is 0 Å². The summed E-state index contributed by atoms with van der Waals surface area (Å²) in [6.45, 7) is 4.99. The number of hydrogen-bond donors (Lipinski definition) is 2. The first kappa shape index (κ1) is 26.0. The minimum absolute atomic E-state index is 0.320. The summed E-state index contributed by atoms with van der Waals surface area (Å²) in [5.41, 5.74) is 5.80. The van der Waals surface area contributed by atoms with Crippen LogP contribution in [0.5, 0.6) is 0 Å². The third kappa shape index (κ3) is 5.95. The van der Waals surface area contributed by atoms with Gasteiger partial charge in [0.15, 0.2) is 5.76 Å². The lowest BCUT2D eigenvalue weighted by molar-refractivity contribution is -0.141. The van der Waals surface area contributed by atoms with Crippen molar-refractivity contribution in [2.45, 2.75) is 32.8 Å². The first-order valence-electron chi connectivity index (χ1n) is 13.1. The third-order valence-corrected chi connectivity index (χ3v) is 7.13. The van der Waals surface area contributed by atoms with Crippen LogP contribution in [0, 0.1) is 12.8 Å². The van der Waals surface area contributed by atoms with E-state index in [1.807, 2.05) is 85.8 Å². The second kappa shape index (κ2) is 11.4. The largest absolute Gasteiger partial charge is 0.481 e. The van der Waals surface area contributed by atoms with Gasteiger partial charge < -0.3 is 19.3 Å². The van der Waals surface area contributed by atoms with E-state index in [-0.39, 0.29) is 5.92 Å². The summed E-state index contributed by atoms with van der Waals surface area (Å²) in [5.74, 6) is -0.591. The van der Waals surface area contributed by atoms with Crippen molar-refractivity contribution in [1.29, 1.82) is 0 Å². The molecule has 2 unspecified atom stereocenters. The summed E-state index contributed by atoms with van der Waals surface area (Å²) in [4.78, 5) is 26.2. The Labute approximate surface area is 227 Å². The number of aromatic nitrogens is 1. The Morgan fingerprint density at radius 2 is 1.64 bits per heavy atom. The first-order valence-corrected chi connectivity index (χ1v) is 13.1. The van der Waals surface area contributed by atoms with Crippen molar-refractivity contribution in [2.75, 3.05) is 23.3 Å². The van der Waals surface area contributed by atoms with Crippen molar-refractivity contribution < 1.29 is 24.0 Å². The van der Waals surface area contributed by atoms with Crippen molar-refractivity contribution in [3.8, 4) is 22.5 Å². The highest BCUT2D eigenvalue weighted by molar-refractivity contribution is 5.91. The molecule has 200 valence electrons. The number of carbonyl (C=O) groups is 2. The number of carbonyl (C=O) groups excluding carboxylic acids is 1. The van der Waals surface area contributed by atoms with Crippen LogP contribution in [0.3, 0.4) is 0 Å². The molecule has 2 N–H and O–H groups in total. The van der Waals surface area contributed by atoms with Gasteiger partial charge in [-0.25, -0.2) is 4.79 Å². The minimum atomic E-state index is -0.727. The monoisotopic (exact) mass is 525 g/mol. The SMILES string of the molecule is Cc1noc(-c2ccc(-c3ccc(N4CCCC(C(=O)O)C4)cc3)cc2)c1NC(=O)OC(C)c1ccccc1. The highest BCUT2D eigenvalue weighted by atomic mass is 16.6. The molecule has 1 aliphatic heterocycles. The second-order valence-electron chi connectivity index (χ2n) is 9.80. The van der Waals surface area contributed by atoms with Crippen LogP contribution in [0.2, 0.25) is 0 Å². The number of anilines is 2. The van der Waals surface area contributed by atoms with Gasteiger partial charge >= 0.3 is 12.1 Å². The minimum Gasteiger partial charge on any atom is -0.481 e. The van der Waals surface area contributed by atoms with Crippen LogP contribution < -0.4 is 10.2 Å². The fourth-order valence-corrected chi connectivity index (χ4v) is 4.89. The van der Waals surface area contributed by atoms with Gasteiger partial charge in [0, 0.05) is 24.3 Å². The summed E-state index contributed by atoms with van der Waals surface area (Å²) in [5, 5.41) is 16.2. The molecule has 2 atom stereocenters. The number of rotatable bonds is 7. The molecule has 8 heteroatoms. The van der Waals surface area contributed by atoms with Crippen LogP contribution in [-0.4, -0.2) is 35.4 Å². The Morgan fingerprint density at radius 1 is 1.00 bits per heavy atom. The number of nitrogens with one attached hydrogen (secondary N) is 1. The molecule has 1 aromatic heterocycles. The van der Waals surface area contributed by atoms with Gasteiger partial charge in [0.1, 0.15) is 17.5 Å². The number of carboxylic acids is 1. The number of carboxylic acid groups (broad SMARTS) is 1. The maximum Gasteiger partial charge on any atom is 0.412 e. The van der Waals surface area contributed by atoms with Crippen molar-refractivity contribution in [3.63, 3.8) is 0 Å². The lowest BCUT2D eigenvalue weighted by atomic mass is 9.97. The number of nitrogens with zero attached hydrogens (tertiary/aromatic N) is 2. The fourth-order valence-electron chi connectivity index (χ4n) is 4.89.